The zero-order valence-corrected chi connectivity index (χ0v) is 14.3. The first-order valence-corrected chi connectivity index (χ1v) is 8.80. The molecular weight excluding hydrogens is 312 g/mol. The van der Waals surface area contributed by atoms with E-state index >= 15 is 0 Å². The van der Waals surface area contributed by atoms with Crippen LogP contribution in [0, 0.1) is 5.92 Å². The van der Waals surface area contributed by atoms with Gasteiger partial charge < -0.3 is 9.74 Å². The Labute approximate surface area is 148 Å². The average Bonchev–Trinajstić information content (AvgIpc) is 3.33. The third kappa shape index (κ3) is 3.43. The van der Waals surface area contributed by atoms with Crippen LogP contribution in [0.25, 0.3) is 0 Å². The second-order valence-electron chi connectivity index (χ2n) is 6.91. The number of rotatable bonds is 5. The van der Waals surface area contributed by atoms with Crippen LogP contribution in [0.2, 0.25) is 0 Å². The molecule has 0 unspecified atom stereocenters. The molecule has 2 aromatic carbocycles. The highest BCUT2D eigenvalue weighted by Crippen LogP contribution is 2.48. The summed E-state index contributed by atoms with van der Waals surface area (Å²) in [6, 6.07) is 20.4. The van der Waals surface area contributed by atoms with Crippen LogP contribution >= 0.6 is 0 Å². The Balaban J connectivity index is 1.30. The Hall–Kier alpha value is -2.62. The lowest BCUT2D eigenvalue weighted by Crippen LogP contribution is -2.35. The SMILES string of the molecule is CN(C[C@H]1CC(c2ccccc2)=NO1)C(=O)[C@H]1C[C@H]1c1ccccc1. The molecule has 3 atom stereocenters. The second kappa shape index (κ2) is 6.71. The molecule has 1 aliphatic heterocycles. The van der Waals surface area contributed by atoms with Gasteiger partial charge in [-0.25, -0.2) is 0 Å². The summed E-state index contributed by atoms with van der Waals surface area (Å²) in [5.41, 5.74) is 3.31. The molecule has 1 saturated carbocycles. The van der Waals surface area contributed by atoms with E-state index in [1.54, 1.807) is 0 Å². The summed E-state index contributed by atoms with van der Waals surface area (Å²) < 4.78 is 0. The smallest absolute Gasteiger partial charge is 0.226 e. The summed E-state index contributed by atoms with van der Waals surface area (Å²) >= 11 is 0. The Bertz CT molecular complexity index is 773. The minimum Gasteiger partial charge on any atom is -0.390 e. The van der Waals surface area contributed by atoms with Crippen LogP contribution in [0.15, 0.2) is 65.8 Å². The normalized spacial score (nSPS) is 24.4. The first-order valence-electron chi connectivity index (χ1n) is 8.80. The Kier molecular flexibility index (Phi) is 4.26. The molecule has 0 aromatic heterocycles. The van der Waals surface area contributed by atoms with Crippen molar-refractivity contribution in [2.75, 3.05) is 13.6 Å². The van der Waals surface area contributed by atoms with Crippen molar-refractivity contribution >= 4 is 11.6 Å². The van der Waals surface area contributed by atoms with Crippen LogP contribution in [0.3, 0.4) is 0 Å². The maximum absolute atomic E-state index is 12.7. The fraction of sp³-hybridized carbons (Fsp3) is 0.333. The Morgan fingerprint density at radius 2 is 1.80 bits per heavy atom. The van der Waals surface area contributed by atoms with Crippen molar-refractivity contribution in [3.05, 3.63) is 71.8 Å². The highest BCUT2D eigenvalue weighted by atomic mass is 16.6. The monoisotopic (exact) mass is 334 g/mol. The lowest BCUT2D eigenvalue weighted by molar-refractivity contribution is -0.132. The number of carbonyl (C=O) groups is 1. The standard InChI is InChI=1S/C21H22N2O2/c1-23(21(24)19-13-18(19)15-8-4-2-5-9-15)14-17-12-20(22-25-17)16-10-6-3-7-11-16/h2-11,17-19H,12-14H2,1H3/t17-,18+,19+/m1/s1. The van der Waals surface area contributed by atoms with Crippen molar-refractivity contribution < 1.29 is 9.63 Å². The van der Waals surface area contributed by atoms with Crippen LogP contribution < -0.4 is 0 Å². The number of likely N-dealkylation sites (N-methyl/N-ethyl adjacent to an activating group) is 1. The van der Waals surface area contributed by atoms with E-state index in [1.165, 1.54) is 5.56 Å². The number of carbonyl (C=O) groups excluding carboxylic acids is 1. The number of oxime groups is 1. The summed E-state index contributed by atoms with van der Waals surface area (Å²) in [5, 5.41) is 4.20. The molecule has 4 heteroatoms. The minimum absolute atomic E-state index is 0.0573. The summed E-state index contributed by atoms with van der Waals surface area (Å²) in [6.45, 7) is 0.580. The van der Waals surface area contributed by atoms with Crippen LogP contribution in [0.5, 0.6) is 0 Å². The van der Waals surface area contributed by atoms with Crippen molar-refractivity contribution in [3.63, 3.8) is 0 Å². The topological polar surface area (TPSA) is 41.9 Å². The zero-order valence-electron chi connectivity index (χ0n) is 14.3. The molecular formula is C21H22N2O2. The van der Waals surface area contributed by atoms with E-state index < -0.39 is 0 Å². The largest absolute Gasteiger partial charge is 0.390 e. The number of benzene rings is 2. The molecule has 2 aliphatic rings. The highest BCUT2D eigenvalue weighted by Gasteiger charge is 2.45. The number of hydrogen-bond acceptors (Lipinski definition) is 3. The predicted octanol–water partition coefficient (Wildman–Crippen LogP) is 3.44. The number of hydrogen-bond donors (Lipinski definition) is 0. The van der Waals surface area contributed by atoms with E-state index in [1.807, 2.05) is 60.5 Å². The second-order valence-corrected chi connectivity index (χ2v) is 6.91. The van der Waals surface area contributed by atoms with Crippen molar-refractivity contribution in [3.8, 4) is 0 Å². The third-order valence-electron chi connectivity index (χ3n) is 5.03. The highest BCUT2D eigenvalue weighted by molar-refractivity contribution is 6.01. The van der Waals surface area contributed by atoms with Crippen molar-refractivity contribution in [2.24, 2.45) is 11.1 Å². The fourth-order valence-corrected chi connectivity index (χ4v) is 3.54. The van der Waals surface area contributed by atoms with Crippen molar-refractivity contribution in [2.45, 2.75) is 24.9 Å². The van der Waals surface area contributed by atoms with Crippen LogP contribution in [0.1, 0.15) is 29.9 Å². The maximum atomic E-state index is 12.7. The third-order valence-corrected chi connectivity index (χ3v) is 5.03. The molecule has 1 heterocycles. The molecule has 0 spiro atoms. The molecule has 4 rings (SSSR count). The van der Waals surface area contributed by atoms with Gasteiger partial charge >= 0.3 is 0 Å². The van der Waals surface area contributed by atoms with Gasteiger partial charge in [0, 0.05) is 19.4 Å². The number of amides is 1. The van der Waals surface area contributed by atoms with Gasteiger partial charge in [0.2, 0.25) is 5.91 Å². The van der Waals surface area contributed by atoms with Gasteiger partial charge in [-0.1, -0.05) is 65.8 Å². The van der Waals surface area contributed by atoms with E-state index in [-0.39, 0.29) is 17.9 Å². The van der Waals surface area contributed by atoms with Gasteiger partial charge in [0.1, 0.15) is 0 Å². The summed E-state index contributed by atoms with van der Waals surface area (Å²) in [4.78, 5) is 20.0. The van der Waals surface area contributed by atoms with Gasteiger partial charge in [0.25, 0.3) is 0 Å². The van der Waals surface area contributed by atoms with Crippen LogP contribution in [-0.2, 0) is 9.63 Å². The van der Waals surface area contributed by atoms with Crippen LogP contribution in [0.4, 0.5) is 0 Å². The Morgan fingerprint density at radius 3 is 2.52 bits per heavy atom. The molecule has 4 nitrogen and oxygen atoms in total. The first-order chi connectivity index (χ1) is 12.2. The van der Waals surface area contributed by atoms with Gasteiger partial charge in [-0.2, -0.15) is 0 Å². The molecule has 0 radical (unpaired) electrons. The molecule has 1 aliphatic carbocycles. The van der Waals surface area contributed by atoms with Gasteiger partial charge in [0.15, 0.2) is 6.10 Å². The Morgan fingerprint density at radius 1 is 1.12 bits per heavy atom. The van der Waals surface area contributed by atoms with Gasteiger partial charge in [-0.15, -0.1) is 0 Å². The molecule has 25 heavy (non-hydrogen) atoms. The molecule has 0 bridgehead atoms. The lowest BCUT2D eigenvalue weighted by atomic mass is 10.0. The molecule has 1 amide bonds. The van der Waals surface area contributed by atoms with Gasteiger partial charge in [0.05, 0.1) is 12.3 Å². The van der Waals surface area contributed by atoms with E-state index in [2.05, 4.69) is 17.3 Å². The number of nitrogens with zero attached hydrogens (tertiary/aromatic N) is 2. The molecule has 0 saturated heterocycles. The molecule has 1 fully saturated rings. The summed E-state index contributed by atoms with van der Waals surface area (Å²) in [7, 11) is 1.87. The van der Waals surface area contributed by atoms with E-state index in [0.29, 0.717) is 12.5 Å². The average molecular weight is 334 g/mol. The van der Waals surface area contributed by atoms with Crippen molar-refractivity contribution in [1.82, 2.24) is 4.90 Å². The lowest BCUT2D eigenvalue weighted by Gasteiger charge is -2.20. The minimum atomic E-state index is -0.0573. The molecule has 0 N–H and O–H groups in total. The molecule has 2 aromatic rings. The summed E-state index contributed by atoms with van der Waals surface area (Å²) in [5.74, 6) is 0.700. The maximum Gasteiger partial charge on any atom is 0.226 e. The van der Waals surface area contributed by atoms with Gasteiger partial charge in [-0.3, -0.25) is 4.79 Å². The fourth-order valence-electron chi connectivity index (χ4n) is 3.54. The van der Waals surface area contributed by atoms with E-state index in [0.717, 1.165) is 24.1 Å². The predicted molar refractivity (Wildman–Crippen MR) is 97.4 cm³/mol. The van der Waals surface area contributed by atoms with E-state index in [9.17, 15) is 4.79 Å². The summed E-state index contributed by atoms with van der Waals surface area (Å²) in [6.07, 6.45) is 1.64. The van der Waals surface area contributed by atoms with Crippen molar-refractivity contribution in [1.29, 1.82) is 0 Å². The first kappa shape index (κ1) is 15.9. The zero-order chi connectivity index (χ0) is 17.2. The molecule has 128 valence electrons. The van der Waals surface area contributed by atoms with E-state index in [4.69, 9.17) is 4.84 Å². The quantitative estimate of drug-likeness (QED) is 0.840. The van der Waals surface area contributed by atoms with Crippen LogP contribution in [-0.4, -0.2) is 36.2 Å². The van der Waals surface area contributed by atoms with Gasteiger partial charge in [-0.05, 0) is 23.5 Å².